The Morgan fingerprint density at radius 1 is 1.09 bits per heavy atom. The van der Waals surface area contributed by atoms with E-state index in [9.17, 15) is 17.6 Å². The minimum atomic E-state index is -4.71. The van der Waals surface area contributed by atoms with Gasteiger partial charge in [0.25, 0.3) is 0 Å². The van der Waals surface area contributed by atoms with Crippen molar-refractivity contribution in [3.63, 3.8) is 0 Å². The number of halogens is 4. The molecule has 33 heavy (non-hydrogen) atoms. The fourth-order valence-corrected chi connectivity index (χ4v) is 4.63. The molecule has 0 bridgehead atoms. The normalized spacial score (nSPS) is 25.5. The Labute approximate surface area is 192 Å². The highest BCUT2D eigenvalue weighted by molar-refractivity contribution is 5.57. The number of nitrogens with zero attached hydrogens (tertiary/aromatic N) is 3. The van der Waals surface area contributed by atoms with Crippen LogP contribution in [0.15, 0.2) is 36.5 Å². The minimum absolute atomic E-state index is 0.182. The summed E-state index contributed by atoms with van der Waals surface area (Å²) in [5, 5.41) is 7.82. The second-order valence-electron chi connectivity index (χ2n) is 8.93. The molecule has 2 heterocycles. The van der Waals surface area contributed by atoms with E-state index in [1.165, 1.54) is 40.9 Å². The van der Waals surface area contributed by atoms with Crippen molar-refractivity contribution in [2.75, 3.05) is 7.04 Å². The lowest BCUT2D eigenvalue weighted by Gasteiger charge is -2.39. The molecule has 2 aromatic heterocycles. The first-order valence-corrected chi connectivity index (χ1v) is 11.0. The maximum atomic E-state index is 14.1. The molecule has 2 fully saturated rings. The summed E-state index contributed by atoms with van der Waals surface area (Å²) < 4.78 is 91.3. The van der Waals surface area contributed by atoms with Gasteiger partial charge in [0.1, 0.15) is 23.0 Å². The second-order valence-corrected chi connectivity index (χ2v) is 8.93. The van der Waals surface area contributed by atoms with Crippen LogP contribution in [0.2, 0.25) is 0 Å². The SMILES string of the molecule is [2H]C([2H])([2H])OC1(c2ccc(F)cc2)CCC(Oc2ccn3c(CC4CC4)nnc3c2C(F)(F)F)CC1. The van der Waals surface area contributed by atoms with E-state index in [4.69, 9.17) is 13.6 Å². The zero-order valence-corrected chi connectivity index (χ0v) is 17.7. The number of hydrogen-bond donors (Lipinski definition) is 0. The number of rotatable bonds is 6. The van der Waals surface area contributed by atoms with E-state index in [-0.39, 0.29) is 37.1 Å². The molecule has 0 amide bonds. The topological polar surface area (TPSA) is 48.7 Å². The first kappa shape index (κ1) is 18.7. The van der Waals surface area contributed by atoms with Crippen LogP contribution in [0.1, 0.15) is 59.6 Å². The second kappa shape index (κ2) is 8.27. The van der Waals surface area contributed by atoms with Crippen LogP contribution in [0.25, 0.3) is 5.65 Å². The van der Waals surface area contributed by atoms with Crippen LogP contribution in [0.4, 0.5) is 17.6 Å². The van der Waals surface area contributed by atoms with Crippen LogP contribution in [0, 0.1) is 11.7 Å². The third-order valence-electron chi connectivity index (χ3n) is 6.66. The van der Waals surface area contributed by atoms with Crippen molar-refractivity contribution in [3.05, 3.63) is 59.3 Å². The first-order chi connectivity index (χ1) is 16.9. The summed E-state index contributed by atoms with van der Waals surface area (Å²) in [7, 11) is -2.71. The van der Waals surface area contributed by atoms with Crippen LogP contribution in [-0.2, 0) is 22.9 Å². The maximum absolute atomic E-state index is 14.1. The van der Waals surface area contributed by atoms with E-state index in [1.54, 1.807) is 0 Å². The van der Waals surface area contributed by atoms with Gasteiger partial charge in [-0.25, -0.2) is 4.39 Å². The highest BCUT2D eigenvalue weighted by Gasteiger charge is 2.41. The predicted molar refractivity (Wildman–Crippen MR) is 112 cm³/mol. The maximum Gasteiger partial charge on any atom is 0.423 e. The van der Waals surface area contributed by atoms with Gasteiger partial charge in [0.05, 0.1) is 15.8 Å². The number of hydrogen-bond acceptors (Lipinski definition) is 4. The fourth-order valence-electron chi connectivity index (χ4n) is 4.63. The summed E-state index contributed by atoms with van der Waals surface area (Å²) in [5.74, 6) is 0.122. The average molecular weight is 466 g/mol. The molecule has 0 saturated heterocycles. The smallest absolute Gasteiger partial charge is 0.423 e. The molecule has 0 radical (unpaired) electrons. The van der Waals surface area contributed by atoms with Crippen LogP contribution in [0.5, 0.6) is 5.75 Å². The van der Waals surface area contributed by atoms with Crippen molar-refractivity contribution < 1.29 is 31.1 Å². The van der Waals surface area contributed by atoms with Gasteiger partial charge in [-0.1, -0.05) is 12.1 Å². The van der Waals surface area contributed by atoms with Crippen LogP contribution in [-0.4, -0.2) is 27.7 Å². The molecule has 3 aromatic rings. The Balaban J connectivity index is 1.39. The van der Waals surface area contributed by atoms with Crippen molar-refractivity contribution in [2.45, 2.75) is 62.8 Å². The van der Waals surface area contributed by atoms with Crippen LogP contribution in [0.3, 0.4) is 0 Å². The lowest BCUT2D eigenvalue weighted by molar-refractivity contribution is -0.138. The third kappa shape index (κ3) is 4.30. The lowest BCUT2D eigenvalue weighted by Crippen LogP contribution is -2.37. The Morgan fingerprint density at radius 2 is 1.82 bits per heavy atom. The zero-order valence-electron chi connectivity index (χ0n) is 20.7. The summed E-state index contributed by atoms with van der Waals surface area (Å²) in [6.07, 6.45) is -0.301. The summed E-state index contributed by atoms with van der Waals surface area (Å²) in [6, 6.07) is 6.69. The highest BCUT2D eigenvalue weighted by atomic mass is 19.4. The number of pyridine rings is 1. The van der Waals surface area contributed by atoms with E-state index in [1.807, 2.05) is 0 Å². The largest absolute Gasteiger partial charge is 0.490 e. The van der Waals surface area contributed by atoms with Crippen molar-refractivity contribution in [1.82, 2.24) is 14.6 Å². The van der Waals surface area contributed by atoms with Gasteiger partial charge >= 0.3 is 6.18 Å². The molecule has 0 N–H and O–H groups in total. The number of fused-ring (bicyclic) bond motifs is 1. The van der Waals surface area contributed by atoms with E-state index in [0.29, 0.717) is 23.7 Å². The van der Waals surface area contributed by atoms with E-state index in [2.05, 4.69) is 10.2 Å². The molecule has 2 aliphatic carbocycles. The van der Waals surface area contributed by atoms with Gasteiger partial charge in [-0.2, -0.15) is 13.2 Å². The van der Waals surface area contributed by atoms with Crippen molar-refractivity contribution >= 4 is 5.65 Å². The first-order valence-electron chi connectivity index (χ1n) is 12.5. The summed E-state index contributed by atoms with van der Waals surface area (Å²) >= 11 is 0. The van der Waals surface area contributed by atoms with E-state index in [0.717, 1.165) is 12.8 Å². The predicted octanol–water partition coefficient (Wildman–Crippen LogP) is 5.70. The molecule has 2 aliphatic rings. The Morgan fingerprint density at radius 3 is 2.45 bits per heavy atom. The molecule has 2 saturated carbocycles. The summed E-state index contributed by atoms with van der Waals surface area (Å²) in [6.45, 7) is 0. The van der Waals surface area contributed by atoms with Gasteiger partial charge in [-0.05, 0) is 68.2 Å². The molecular formula is C24H25F4N3O2. The molecule has 0 atom stereocenters. The van der Waals surface area contributed by atoms with Gasteiger partial charge in [0.2, 0.25) is 0 Å². The Hall–Kier alpha value is -2.68. The molecular weight excluding hydrogens is 438 g/mol. The molecule has 0 unspecified atom stereocenters. The number of aromatic nitrogens is 3. The highest BCUT2D eigenvalue weighted by Crippen LogP contribution is 2.44. The standard InChI is InChI=1S/C24H25F4N3O2/c1-32-23(16-4-6-17(25)7-5-16)11-8-18(9-12-23)33-19-10-13-31-20(14-15-2-3-15)29-30-22(31)21(19)24(26,27)28/h4-7,10,13,15,18H,2-3,8-9,11-12,14H2,1H3/i1D3. The number of benzene rings is 1. The fraction of sp³-hybridized carbons (Fsp3) is 0.500. The summed E-state index contributed by atoms with van der Waals surface area (Å²) in [5.41, 5.74) is -1.99. The van der Waals surface area contributed by atoms with Gasteiger partial charge in [0.15, 0.2) is 5.65 Å². The molecule has 9 heteroatoms. The van der Waals surface area contributed by atoms with Gasteiger partial charge < -0.3 is 9.47 Å². The van der Waals surface area contributed by atoms with Crippen molar-refractivity contribution in [2.24, 2.45) is 5.92 Å². The number of methoxy groups -OCH3 is 1. The molecule has 0 aliphatic heterocycles. The number of ether oxygens (including phenoxy) is 2. The van der Waals surface area contributed by atoms with Crippen LogP contribution < -0.4 is 4.74 Å². The van der Waals surface area contributed by atoms with Gasteiger partial charge in [-0.15, -0.1) is 10.2 Å². The summed E-state index contributed by atoms with van der Waals surface area (Å²) in [4.78, 5) is 0. The zero-order chi connectivity index (χ0) is 25.7. The van der Waals surface area contributed by atoms with Crippen LogP contribution >= 0.6 is 0 Å². The Bertz CT molecular complexity index is 1230. The molecule has 5 rings (SSSR count). The minimum Gasteiger partial charge on any atom is -0.490 e. The monoisotopic (exact) mass is 466 g/mol. The van der Waals surface area contributed by atoms with Crippen molar-refractivity contribution in [3.8, 4) is 5.75 Å². The molecule has 1 aromatic carbocycles. The van der Waals surface area contributed by atoms with E-state index < -0.39 is 36.3 Å². The van der Waals surface area contributed by atoms with E-state index >= 15 is 0 Å². The third-order valence-corrected chi connectivity index (χ3v) is 6.66. The Kier molecular flexibility index (Phi) is 4.69. The quantitative estimate of drug-likeness (QED) is 0.437. The molecule has 176 valence electrons. The van der Waals surface area contributed by atoms with Gasteiger partial charge in [0, 0.05) is 19.7 Å². The average Bonchev–Trinajstić information content (AvgIpc) is 3.52. The van der Waals surface area contributed by atoms with Crippen molar-refractivity contribution in [1.29, 1.82) is 0 Å². The van der Waals surface area contributed by atoms with Gasteiger partial charge in [-0.3, -0.25) is 4.40 Å². The molecule has 0 spiro atoms. The number of alkyl halides is 3. The lowest BCUT2D eigenvalue weighted by atomic mass is 9.78. The molecule has 5 nitrogen and oxygen atoms in total.